The summed E-state index contributed by atoms with van der Waals surface area (Å²) in [6.07, 6.45) is -8.79. The number of H-pyrrole nitrogens is 1. The third-order valence-electron chi connectivity index (χ3n) is 11.7. The zero-order chi connectivity index (χ0) is 45.3. The van der Waals surface area contributed by atoms with E-state index in [0.29, 0.717) is 0 Å². The van der Waals surface area contributed by atoms with Crippen LogP contribution in [0.5, 0.6) is 17.2 Å². The van der Waals surface area contributed by atoms with Crippen LogP contribution in [0.3, 0.4) is 0 Å². The first-order valence-corrected chi connectivity index (χ1v) is 21.1. The van der Waals surface area contributed by atoms with Crippen LogP contribution < -0.4 is 20.9 Å². The lowest BCUT2D eigenvalue weighted by Gasteiger charge is -2.43. The predicted octanol–water partition coefficient (Wildman–Crippen LogP) is -0.194. The highest BCUT2D eigenvalue weighted by molar-refractivity contribution is 7.46. The largest absolute Gasteiger partial charge is 0.507 e. The smallest absolute Gasteiger partial charge is 0.469 e. The summed E-state index contributed by atoms with van der Waals surface area (Å²) in [5.74, 6) is -4.51. The van der Waals surface area contributed by atoms with E-state index in [1.54, 1.807) is 6.92 Å². The lowest BCUT2D eigenvalue weighted by molar-refractivity contribution is -0.250. The van der Waals surface area contributed by atoms with Crippen molar-refractivity contribution in [2.45, 2.75) is 93.7 Å². The number of ketones is 2. The fourth-order valence-electron chi connectivity index (χ4n) is 8.86. The Morgan fingerprint density at radius 3 is 2.54 bits per heavy atom. The van der Waals surface area contributed by atoms with Gasteiger partial charge in [-0.3, -0.25) is 38.6 Å². The van der Waals surface area contributed by atoms with Gasteiger partial charge >= 0.3 is 13.8 Å². The van der Waals surface area contributed by atoms with Crippen molar-refractivity contribution in [1.82, 2.24) is 24.8 Å². The summed E-state index contributed by atoms with van der Waals surface area (Å²) in [6.45, 7) is 0.788. The summed E-state index contributed by atoms with van der Waals surface area (Å²) in [7, 11) is -3.64. The maximum Gasteiger partial charge on any atom is 0.469 e. The van der Waals surface area contributed by atoms with Crippen LogP contribution in [0.4, 0.5) is 5.95 Å². The molecule has 25 heteroatoms. The zero-order valence-corrected chi connectivity index (χ0v) is 34.2. The number of phenols is 2. The van der Waals surface area contributed by atoms with Gasteiger partial charge in [0.1, 0.15) is 35.7 Å². The van der Waals surface area contributed by atoms with Crippen molar-refractivity contribution in [1.29, 1.82) is 0 Å². The van der Waals surface area contributed by atoms with E-state index in [9.17, 15) is 64.2 Å². The number of aliphatic hydroxyl groups excluding tert-OH is 2. The molecule has 0 radical (unpaired) electrons. The molecule has 4 heterocycles. The molecule has 0 amide bonds. The number of carbonyl (C=O) groups is 3. The number of phosphoric acid groups is 1. The van der Waals surface area contributed by atoms with Crippen LogP contribution in [-0.4, -0.2) is 140 Å². The van der Waals surface area contributed by atoms with Crippen molar-refractivity contribution >= 4 is 42.5 Å². The van der Waals surface area contributed by atoms with Crippen molar-refractivity contribution in [2.75, 3.05) is 25.7 Å². The molecule has 2 aromatic heterocycles. The van der Waals surface area contributed by atoms with E-state index < -0.39 is 134 Å². The number of carboxylic acid groups (broad SMARTS) is 1. The summed E-state index contributed by atoms with van der Waals surface area (Å²) in [5.41, 5.74) is -4.47. The minimum absolute atomic E-state index is 0.0218. The molecule has 4 aliphatic rings. The number of aliphatic carboxylic acids is 1. The molecule has 2 fully saturated rings. The Labute approximate surface area is 354 Å². The van der Waals surface area contributed by atoms with Crippen molar-refractivity contribution in [2.24, 2.45) is 0 Å². The van der Waals surface area contributed by atoms with E-state index in [1.165, 1.54) is 36.2 Å². The van der Waals surface area contributed by atoms with Gasteiger partial charge in [0.25, 0.3) is 5.56 Å². The van der Waals surface area contributed by atoms with E-state index in [2.05, 4.69) is 25.6 Å². The van der Waals surface area contributed by atoms with Gasteiger partial charge in [-0.05, 0) is 13.0 Å². The average molecular weight is 903 g/mol. The number of anilines is 1. The lowest BCUT2D eigenvalue weighted by atomic mass is 9.72. The number of benzene rings is 2. The number of aromatic nitrogens is 4. The standard InChI is InChI=1S/C38H43N6O18P/c1-14-30(48)17(39-12-40-37-42-35-29(36(53)43-37)41-13-44(35)22-7-19(21(11-45)60-22)62-63(55,56)57)6-24(59-14)61-20-9-38(54,10-23(46)47)8-16-26(20)34(52)28-27(32(16)50)31(49)15-4-3-5-18(58-2)25(15)33(28)51/h3-5,13-14,17,19-22,24,30,39,45,48,50,52,54H,6-12H2,1-2H3,(H,46,47)(H2,55,56,57)(H2,40,42,43,53)/t14-,17-,19-,20-,21+,22+,24-,30+,38-/m0/s1. The topological polar surface area (TPSA) is 364 Å². The van der Waals surface area contributed by atoms with Crippen LogP contribution >= 0.6 is 7.82 Å². The zero-order valence-electron chi connectivity index (χ0n) is 33.3. The first-order valence-electron chi connectivity index (χ1n) is 19.6. The SMILES string of the molecule is COc1cccc2c1C(=O)c1c(O)c3c(c(O)c1C2=O)C[C@@](O)(CC(=O)O)C[C@@H]3O[C@H]1C[C@H](NCNc2nc3c(ncn3[C@H]3C[C@H](OP(=O)(O)O)[C@@H](CO)O3)c(=O)[nH]2)[C@H](O)[C@H](C)O1. The number of fused-ring (bicyclic) bond motifs is 4. The maximum atomic E-state index is 14.0. The van der Waals surface area contributed by atoms with E-state index in [1.807, 2.05) is 0 Å². The average Bonchev–Trinajstić information content (AvgIpc) is 3.82. The van der Waals surface area contributed by atoms with Gasteiger partial charge in [0, 0.05) is 48.4 Å². The number of carbonyl (C=O) groups excluding carboxylic acids is 2. The molecular formula is C38H43N6O18P. The number of imidazole rings is 1. The number of nitrogens with zero attached hydrogens (tertiary/aromatic N) is 3. The Balaban J connectivity index is 1.03. The summed E-state index contributed by atoms with van der Waals surface area (Å²) < 4.78 is 41.0. The molecular weight excluding hydrogens is 859 g/mol. The third-order valence-corrected chi connectivity index (χ3v) is 12.2. The molecule has 11 N–H and O–H groups in total. The molecule has 0 spiro atoms. The van der Waals surface area contributed by atoms with E-state index in [-0.39, 0.29) is 64.6 Å². The Morgan fingerprint density at radius 1 is 1.10 bits per heavy atom. The fraction of sp³-hybridized carbons (Fsp3) is 0.474. The molecule has 0 unspecified atom stereocenters. The summed E-state index contributed by atoms with van der Waals surface area (Å²) in [6, 6.07) is 3.48. The Hall–Kier alpha value is -5.37. The Bertz CT molecular complexity index is 2610. The van der Waals surface area contributed by atoms with E-state index >= 15 is 0 Å². The van der Waals surface area contributed by atoms with Gasteiger partial charge in [-0.25, -0.2) is 9.55 Å². The van der Waals surface area contributed by atoms with Gasteiger partial charge in [-0.2, -0.15) is 4.98 Å². The molecule has 4 aromatic rings. The van der Waals surface area contributed by atoms with Gasteiger partial charge in [-0.1, -0.05) is 12.1 Å². The third kappa shape index (κ3) is 8.19. The highest BCUT2D eigenvalue weighted by Gasteiger charge is 2.49. The number of nitrogens with one attached hydrogen (secondary N) is 3. The highest BCUT2D eigenvalue weighted by Crippen LogP contribution is 2.53. The number of hydrogen-bond donors (Lipinski definition) is 11. The molecule has 338 valence electrons. The molecule has 63 heavy (non-hydrogen) atoms. The van der Waals surface area contributed by atoms with Crippen LogP contribution in [0.15, 0.2) is 29.3 Å². The first kappa shape index (κ1) is 44.2. The Morgan fingerprint density at radius 2 is 1.84 bits per heavy atom. The minimum atomic E-state index is -4.94. The van der Waals surface area contributed by atoms with E-state index in [0.717, 1.165) is 0 Å². The van der Waals surface area contributed by atoms with E-state index in [4.69, 9.17) is 23.5 Å². The van der Waals surface area contributed by atoms with Gasteiger partial charge in [-0.15, -0.1) is 0 Å². The number of carboxylic acids is 1. The minimum Gasteiger partial charge on any atom is -0.507 e. The molecule has 9 atom stereocenters. The number of methoxy groups -OCH3 is 1. The monoisotopic (exact) mass is 902 g/mol. The highest BCUT2D eigenvalue weighted by atomic mass is 31.2. The van der Waals surface area contributed by atoms with Gasteiger partial charge < -0.3 is 64.7 Å². The molecule has 24 nitrogen and oxygen atoms in total. The van der Waals surface area contributed by atoms with Gasteiger partial charge in [0.15, 0.2) is 23.2 Å². The van der Waals surface area contributed by atoms with Crippen molar-refractivity contribution in [3.63, 3.8) is 0 Å². The molecule has 2 saturated heterocycles. The maximum absolute atomic E-state index is 14.0. The van der Waals surface area contributed by atoms with Crippen LogP contribution in [0.2, 0.25) is 0 Å². The number of ether oxygens (including phenoxy) is 4. The second-order valence-corrected chi connectivity index (χ2v) is 17.0. The lowest BCUT2D eigenvalue weighted by Crippen LogP contribution is -2.55. The molecule has 8 rings (SSSR count). The number of phosphoric ester groups is 1. The number of phenolic OH excluding ortho intramolecular Hbond substituents is 2. The summed E-state index contributed by atoms with van der Waals surface area (Å²) in [5, 5.41) is 71.7. The van der Waals surface area contributed by atoms with Crippen LogP contribution in [-0.2, 0) is 34.5 Å². The Kier molecular flexibility index (Phi) is 11.7. The van der Waals surface area contributed by atoms with Crippen molar-refractivity contribution in [3.8, 4) is 17.2 Å². The fourth-order valence-corrected chi connectivity index (χ4v) is 9.43. The predicted molar refractivity (Wildman–Crippen MR) is 210 cm³/mol. The van der Waals surface area contributed by atoms with Crippen molar-refractivity contribution < 1.29 is 82.8 Å². The van der Waals surface area contributed by atoms with Gasteiger partial charge in [0.05, 0.1) is 73.7 Å². The number of rotatable bonds is 13. The van der Waals surface area contributed by atoms with Crippen molar-refractivity contribution in [3.05, 3.63) is 68.3 Å². The second-order valence-electron chi connectivity index (χ2n) is 15.8. The molecule has 2 aliphatic carbocycles. The number of aliphatic hydroxyl groups is 3. The number of aromatic hydroxyl groups is 2. The van der Waals surface area contributed by atoms with Crippen LogP contribution in [0, 0.1) is 0 Å². The second kappa shape index (κ2) is 16.6. The first-order chi connectivity index (χ1) is 29.8. The summed E-state index contributed by atoms with van der Waals surface area (Å²) in [4.78, 5) is 82.4. The molecule has 2 aromatic carbocycles. The molecule has 2 aliphatic heterocycles. The number of aromatic amines is 1. The normalized spacial score (nSPS) is 28.1. The van der Waals surface area contributed by atoms with Gasteiger partial charge in [0.2, 0.25) is 11.7 Å². The molecule has 0 bridgehead atoms. The summed E-state index contributed by atoms with van der Waals surface area (Å²) >= 11 is 0. The number of hydrogen-bond acceptors (Lipinski definition) is 19. The van der Waals surface area contributed by atoms with Crippen LogP contribution in [0.25, 0.3) is 11.2 Å². The van der Waals surface area contributed by atoms with Crippen LogP contribution in [0.1, 0.15) is 87.9 Å². The molecule has 0 saturated carbocycles. The quantitative estimate of drug-likeness (QED) is 0.0414.